The number of thiophene rings is 1. The first-order valence-electron chi connectivity index (χ1n) is 6.82. The average Bonchev–Trinajstić information content (AvgIpc) is 3.13. The van der Waals surface area contributed by atoms with Crippen molar-refractivity contribution in [3.63, 3.8) is 0 Å². The van der Waals surface area contributed by atoms with Crippen molar-refractivity contribution in [1.29, 1.82) is 0 Å². The fourth-order valence-electron chi connectivity index (χ4n) is 2.63. The molecule has 3 rings (SSSR count). The van der Waals surface area contributed by atoms with Gasteiger partial charge in [-0.3, -0.25) is 4.79 Å². The Kier molecular flexibility index (Phi) is 3.74. The molecule has 0 bridgehead atoms. The average molecular weight is 287 g/mol. The van der Waals surface area contributed by atoms with E-state index in [0.717, 1.165) is 5.69 Å². The highest BCUT2D eigenvalue weighted by atomic mass is 32.1. The van der Waals surface area contributed by atoms with Gasteiger partial charge < -0.3 is 10.0 Å². The lowest BCUT2D eigenvalue weighted by molar-refractivity contribution is -0.135. The van der Waals surface area contributed by atoms with Crippen LogP contribution >= 0.6 is 11.3 Å². The third kappa shape index (κ3) is 2.85. The van der Waals surface area contributed by atoms with Crippen LogP contribution in [0.15, 0.2) is 47.8 Å². The van der Waals surface area contributed by atoms with Gasteiger partial charge in [-0.05, 0) is 42.3 Å². The van der Waals surface area contributed by atoms with E-state index in [0.29, 0.717) is 5.92 Å². The summed E-state index contributed by atoms with van der Waals surface area (Å²) < 4.78 is 0. The molecule has 1 heterocycles. The number of carbonyl (C=O) groups is 1. The minimum absolute atomic E-state index is 0.0447. The summed E-state index contributed by atoms with van der Waals surface area (Å²) in [7, 11) is 0. The lowest BCUT2D eigenvalue weighted by Crippen LogP contribution is -2.34. The van der Waals surface area contributed by atoms with Crippen molar-refractivity contribution in [2.45, 2.75) is 18.9 Å². The second kappa shape index (κ2) is 5.67. The third-order valence-corrected chi connectivity index (χ3v) is 4.58. The van der Waals surface area contributed by atoms with Gasteiger partial charge in [-0.25, -0.2) is 0 Å². The highest BCUT2D eigenvalue weighted by Gasteiger charge is 2.37. The predicted octanol–water partition coefficient (Wildman–Crippen LogP) is 3.79. The van der Waals surface area contributed by atoms with Crippen LogP contribution in [-0.4, -0.2) is 17.6 Å². The molecule has 1 aliphatic carbocycles. The zero-order chi connectivity index (χ0) is 13.9. The van der Waals surface area contributed by atoms with Crippen LogP contribution in [0.1, 0.15) is 23.8 Å². The van der Waals surface area contributed by atoms with Crippen LogP contribution in [0.25, 0.3) is 0 Å². The third-order valence-electron chi connectivity index (χ3n) is 3.63. The monoisotopic (exact) mass is 287 g/mol. The Hall–Kier alpha value is -1.81. The Morgan fingerprint density at radius 2 is 2.00 bits per heavy atom. The van der Waals surface area contributed by atoms with Crippen LogP contribution in [-0.2, 0) is 4.79 Å². The number of rotatable bonds is 6. The van der Waals surface area contributed by atoms with Crippen LogP contribution < -0.4 is 4.90 Å². The number of anilines is 1. The van der Waals surface area contributed by atoms with Crippen LogP contribution in [0, 0.1) is 5.92 Å². The van der Waals surface area contributed by atoms with E-state index in [9.17, 15) is 9.90 Å². The predicted molar refractivity (Wildman–Crippen MR) is 81.2 cm³/mol. The summed E-state index contributed by atoms with van der Waals surface area (Å²) in [6, 6.07) is 14.2. The van der Waals surface area contributed by atoms with E-state index in [2.05, 4.69) is 11.4 Å². The number of para-hydroxylation sites is 1. The maximum absolute atomic E-state index is 11.3. The summed E-state index contributed by atoms with van der Waals surface area (Å²) >= 11 is 1.71. The van der Waals surface area contributed by atoms with Crippen molar-refractivity contribution in [1.82, 2.24) is 0 Å². The molecule has 0 saturated heterocycles. The van der Waals surface area contributed by atoms with Gasteiger partial charge in [0.15, 0.2) is 0 Å². The van der Waals surface area contributed by atoms with Gasteiger partial charge >= 0.3 is 5.97 Å². The highest BCUT2D eigenvalue weighted by Crippen LogP contribution is 2.47. The molecule has 0 amide bonds. The number of carboxylic acids is 1. The van der Waals surface area contributed by atoms with E-state index in [-0.39, 0.29) is 12.6 Å². The van der Waals surface area contributed by atoms with E-state index in [1.807, 2.05) is 41.3 Å². The van der Waals surface area contributed by atoms with Gasteiger partial charge in [0.2, 0.25) is 0 Å². The van der Waals surface area contributed by atoms with Crippen LogP contribution in [0.2, 0.25) is 0 Å². The maximum Gasteiger partial charge on any atom is 0.323 e. The lowest BCUT2D eigenvalue weighted by atomic mass is 10.1. The number of carboxylic acid groups (broad SMARTS) is 1. The van der Waals surface area contributed by atoms with Gasteiger partial charge in [0, 0.05) is 10.6 Å². The van der Waals surface area contributed by atoms with Crippen molar-refractivity contribution >= 4 is 23.0 Å². The van der Waals surface area contributed by atoms with Crippen molar-refractivity contribution < 1.29 is 9.90 Å². The molecule has 1 unspecified atom stereocenters. The number of hydrogen-bond acceptors (Lipinski definition) is 3. The fraction of sp³-hybridized carbons (Fsp3) is 0.312. The zero-order valence-electron chi connectivity index (χ0n) is 11.1. The quantitative estimate of drug-likeness (QED) is 0.878. The first kappa shape index (κ1) is 13.2. The molecule has 4 heteroatoms. The fourth-order valence-corrected chi connectivity index (χ4v) is 3.56. The molecule has 1 aromatic carbocycles. The number of nitrogens with zero attached hydrogens (tertiary/aromatic N) is 1. The van der Waals surface area contributed by atoms with E-state index in [1.54, 1.807) is 11.3 Å². The lowest BCUT2D eigenvalue weighted by Gasteiger charge is -2.32. The van der Waals surface area contributed by atoms with Crippen molar-refractivity contribution in [3.05, 3.63) is 52.7 Å². The molecule has 20 heavy (non-hydrogen) atoms. The van der Waals surface area contributed by atoms with E-state index >= 15 is 0 Å². The van der Waals surface area contributed by atoms with E-state index < -0.39 is 5.97 Å². The number of aliphatic carboxylic acids is 1. The summed E-state index contributed by atoms with van der Waals surface area (Å²) in [4.78, 5) is 14.6. The van der Waals surface area contributed by atoms with E-state index in [1.165, 1.54) is 17.7 Å². The molecule has 0 radical (unpaired) electrons. The van der Waals surface area contributed by atoms with Crippen molar-refractivity contribution in [3.8, 4) is 0 Å². The number of hydrogen-bond donors (Lipinski definition) is 1. The maximum atomic E-state index is 11.3. The minimum Gasteiger partial charge on any atom is -0.480 e. The second-order valence-electron chi connectivity index (χ2n) is 5.15. The summed E-state index contributed by atoms with van der Waals surface area (Å²) in [6.45, 7) is 0.0447. The SMILES string of the molecule is O=C(O)CN(c1ccccc1)C(c1cccs1)C1CC1. The first-order valence-corrected chi connectivity index (χ1v) is 7.70. The molecular weight excluding hydrogens is 270 g/mol. The Morgan fingerprint density at radius 3 is 2.55 bits per heavy atom. The summed E-state index contributed by atoms with van der Waals surface area (Å²) in [6.07, 6.45) is 2.37. The van der Waals surface area contributed by atoms with Gasteiger partial charge in [0.05, 0.1) is 6.04 Å². The topological polar surface area (TPSA) is 40.5 Å². The number of benzene rings is 1. The molecule has 1 N–H and O–H groups in total. The van der Waals surface area contributed by atoms with Crippen LogP contribution in [0.3, 0.4) is 0 Å². The molecule has 1 atom stereocenters. The van der Waals surface area contributed by atoms with Gasteiger partial charge in [-0.15, -0.1) is 11.3 Å². The molecule has 1 aliphatic rings. The molecule has 2 aromatic rings. The summed E-state index contributed by atoms with van der Waals surface area (Å²) in [5.74, 6) is -0.204. The Morgan fingerprint density at radius 1 is 1.25 bits per heavy atom. The summed E-state index contributed by atoms with van der Waals surface area (Å²) in [5.41, 5.74) is 0.986. The normalized spacial score (nSPS) is 15.8. The molecule has 104 valence electrons. The van der Waals surface area contributed by atoms with Gasteiger partial charge in [-0.2, -0.15) is 0 Å². The highest BCUT2D eigenvalue weighted by molar-refractivity contribution is 7.10. The first-order chi connectivity index (χ1) is 9.75. The Labute approximate surface area is 122 Å². The second-order valence-corrected chi connectivity index (χ2v) is 6.13. The molecule has 1 aromatic heterocycles. The molecule has 1 fully saturated rings. The molecule has 3 nitrogen and oxygen atoms in total. The standard InChI is InChI=1S/C16H17NO2S/c18-15(19)11-17(13-5-2-1-3-6-13)16(12-8-9-12)14-7-4-10-20-14/h1-7,10,12,16H,8-9,11H2,(H,18,19). The van der Waals surface area contributed by atoms with E-state index in [4.69, 9.17) is 0 Å². The van der Waals surface area contributed by atoms with Crippen molar-refractivity contribution in [2.24, 2.45) is 5.92 Å². The van der Waals surface area contributed by atoms with Crippen LogP contribution in [0.5, 0.6) is 0 Å². The van der Waals surface area contributed by atoms with Crippen LogP contribution in [0.4, 0.5) is 5.69 Å². The molecule has 1 saturated carbocycles. The zero-order valence-corrected chi connectivity index (χ0v) is 11.9. The Balaban J connectivity index is 1.96. The largest absolute Gasteiger partial charge is 0.480 e. The molecular formula is C16H17NO2S. The van der Waals surface area contributed by atoms with Gasteiger partial charge in [-0.1, -0.05) is 24.3 Å². The van der Waals surface area contributed by atoms with Crippen molar-refractivity contribution in [2.75, 3.05) is 11.4 Å². The molecule has 0 spiro atoms. The minimum atomic E-state index is -0.781. The smallest absolute Gasteiger partial charge is 0.323 e. The Bertz CT molecular complexity index is 563. The summed E-state index contributed by atoms with van der Waals surface area (Å²) in [5, 5.41) is 11.3. The van der Waals surface area contributed by atoms with Gasteiger partial charge in [0.1, 0.15) is 6.54 Å². The molecule has 0 aliphatic heterocycles. The van der Waals surface area contributed by atoms with Gasteiger partial charge in [0.25, 0.3) is 0 Å².